The van der Waals surface area contributed by atoms with Crippen molar-refractivity contribution >= 4 is 23.4 Å². The number of nitrogens with zero attached hydrogens (tertiary/aromatic N) is 1. The first-order chi connectivity index (χ1) is 9.31. The van der Waals surface area contributed by atoms with E-state index in [9.17, 15) is 9.59 Å². The summed E-state index contributed by atoms with van der Waals surface area (Å²) < 4.78 is 0. The molecule has 1 rings (SSSR count). The van der Waals surface area contributed by atoms with Crippen molar-refractivity contribution in [2.75, 3.05) is 7.05 Å². The lowest BCUT2D eigenvalue weighted by atomic mass is 10.0. The van der Waals surface area contributed by atoms with Crippen molar-refractivity contribution in [1.82, 2.24) is 10.2 Å². The van der Waals surface area contributed by atoms with Crippen molar-refractivity contribution in [1.29, 1.82) is 0 Å². The highest BCUT2D eigenvalue weighted by Crippen LogP contribution is 2.13. The highest BCUT2D eigenvalue weighted by molar-refractivity contribution is 6.30. The molecule has 1 aromatic carbocycles. The Kier molecular flexibility index (Phi) is 6.02. The molecule has 0 aromatic heterocycles. The molecule has 0 aliphatic carbocycles. The number of amides is 2. The molecule has 1 aromatic rings. The number of carbonyl (C=O) groups is 2. The van der Waals surface area contributed by atoms with Gasteiger partial charge in [0, 0.05) is 25.5 Å². The van der Waals surface area contributed by atoms with Crippen LogP contribution < -0.4 is 5.32 Å². The summed E-state index contributed by atoms with van der Waals surface area (Å²) in [5, 5.41) is 3.35. The summed E-state index contributed by atoms with van der Waals surface area (Å²) in [6, 6.07) is 6.88. The van der Waals surface area contributed by atoms with Gasteiger partial charge in [0.15, 0.2) is 0 Å². The van der Waals surface area contributed by atoms with Crippen LogP contribution in [-0.2, 0) is 16.1 Å². The third-order valence-corrected chi connectivity index (χ3v) is 3.21. The third-order valence-electron chi connectivity index (χ3n) is 2.98. The molecule has 110 valence electrons. The number of benzene rings is 1. The molecule has 0 aliphatic heterocycles. The predicted octanol–water partition coefficient (Wildman–Crippen LogP) is 2.46. The monoisotopic (exact) mass is 296 g/mol. The van der Waals surface area contributed by atoms with Crippen LogP contribution in [0.4, 0.5) is 0 Å². The Balaban J connectivity index is 2.76. The van der Waals surface area contributed by atoms with E-state index in [1.54, 1.807) is 18.0 Å². The van der Waals surface area contributed by atoms with Crippen LogP contribution >= 0.6 is 11.6 Å². The number of nitrogens with one attached hydrogen (secondary N) is 1. The maximum atomic E-state index is 12.4. The maximum absolute atomic E-state index is 12.4. The fraction of sp³-hybridized carbons (Fsp3) is 0.467. The summed E-state index contributed by atoms with van der Waals surface area (Å²) in [6.45, 7) is 5.69. The topological polar surface area (TPSA) is 49.4 Å². The molecule has 0 saturated carbocycles. The summed E-state index contributed by atoms with van der Waals surface area (Å²) in [5.74, 6) is -0.267. The van der Waals surface area contributed by atoms with E-state index in [2.05, 4.69) is 5.32 Å². The van der Waals surface area contributed by atoms with Crippen molar-refractivity contribution in [3.8, 4) is 0 Å². The van der Waals surface area contributed by atoms with Crippen molar-refractivity contribution in [2.24, 2.45) is 5.92 Å². The minimum atomic E-state index is -0.503. The van der Waals surface area contributed by atoms with E-state index >= 15 is 0 Å². The van der Waals surface area contributed by atoms with Crippen LogP contribution in [0.1, 0.15) is 26.3 Å². The predicted molar refractivity (Wildman–Crippen MR) is 80.4 cm³/mol. The van der Waals surface area contributed by atoms with Crippen molar-refractivity contribution in [3.05, 3.63) is 34.9 Å². The second-order valence-electron chi connectivity index (χ2n) is 5.25. The van der Waals surface area contributed by atoms with Gasteiger partial charge in [-0.25, -0.2) is 0 Å². The molecule has 0 unspecified atom stereocenters. The van der Waals surface area contributed by atoms with Crippen LogP contribution in [0.2, 0.25) is 5.02 Å². The second kappa shape index (κ2) is 7.29. The number of carbonyl (C=O) groups excluding carboxylic acids is 2. The fourth-order valence-corrected chi connectivity index (χ4v) is 2.17. The Morgan fingerprint density at radius 1 is 1.35 bits per heavy atom. The largest absolute Gasteiger partial charge is 0.344 e. The average molecular weight is 297 g/mol. The van der Waals surface area contributed by atoms with E-state index in [4.69, 9.17) is 11.6 Å². The summed E-state index contributed by atoms with van der Waals surface area (Å²) in [4.78, 5) is 25.2. The minimum Gasteiger partial charge on any atom is -0.344 e. The molecular formula is C15H21ClN2O2. The quantitative estimate of drug-likeness (QED) is 0.907. The van der Waals surface area contributed by atoms with E-state index in [0.29, 0.717) is 11.6 Å². The Bertz CT molecular complexity index is 489. The lowest BCUT2D eigenvalue weighted by Crippen LogP contribution is -2.49. The van der Waals surface area contributed by atoms with Crippen LogP contribution in [0.5, 0.6) is 0 Å². The molecule has 0 radical (unpaired) electrons. The molecule has 0 fully saturated rings. The molecule has 0 saturated heterocycles. The normalized spacial score (nSPS) is 12.1. The second-order valence-corrected chi connectivity index (χ2v) is 5.68. The molecule has 2 amide bonds. The number of likely N-dealkylation sites (N-methyl/N-ethyl adjacent to an activating group) is 1. The molecule has 1 atom stereocenters. The lowest BCUT2D eigenvalue weighted by molar-refractivity contribution is -0.136. The van der Waals surface area contributed by atoms with Crippen molar-refractivity contribution in [3.63, 3.8) is 0 Å². The summed E-state index contributed by atoms with van der Waals surface area (Å²) in [5.41, 5.74) is 0.957. The number of hydrogen-bond acceptors (Lipinski definition) is 2. The number of hydrogen-bond donors (Lipinski definition) is 1. The minimum absolute atomic E-state index is 0.0354. The number of halogens is 1. The molecule has 4 nitrogen and oxygen atoms in total. The van der Waals surface area contributed by atoms with Crippen LogP contribution in [0.3, 0.4) is 0 Å². The average Bonchev–Trinajstić information content (AvgIpc) is 2.34. The molecular weight excluding hydrogens is 276 g/mol. The van der Waals surface area contributed by atoms with Gasteiger partial charge in [0.2, 0.25) is 11.8 Å². The molecule has 20 heavy (non-hydrogen) atoms. The Hall–Kier alpha value is -1.55. The van der Waals surface area contributed by atoms with Crippen LogP contribution in [0.25, 0.3) is 0 Å². The van der Waals surface area contributed by atoms with Crippen LogP contribution in [0, 0.1) is 5.92 Å². The van der Waals surface area contributed by atoms with Gasteiger partial charge in [-0.2, -0.15) is 0 Å². The molecule has 0 bridgehead atoms. The molecule has 0 spiro atoms. The number of rotatable bonds is 5. The maximum Gasteiger partial charge on any atom is 0.245 e. The van der Waals surface area contributed by atoms with E-state index in [0.717, 1.165) is 5.56 Å². The van der Waals surface area contributed by atoms with E-state index in [1.165, 1.54) is 6.92 Å². The van der Waals surface area contributed by atoms with Gasteiger partial charge < -0.3 is 10.2 Å². The summed E-state index contributed by atoms with van der Waals surface area (Å²) in [7, 11) is 1.72. The van der Waals surface area contributed by atoms with Gasteiger partial charge in [-0.1, -0.05) is 37.6 Å². The molecule has 0 heterocycles. The van der Waals surface area contributed by atoms with Gasteiger partial charge in [-0.3, -0.25) is 9.59 Å². The third kappa shape index (κ3) is 4.85. The van der Waals surface area contributed by atoms with Gasteiger partial charge in [-0.15, -0.1) is 0 Å². The van der Waals surface area contributed by atoms with Gasteiger partial charge in [0.1, 0.15) is 6.04 Å². The zero-order chi connectivity index (χ0) is 15.3. The van der Waals surface area contributed by atoms with E-state index in [-0.39, 0.29) is 17.7 Å². The van der Waals surface area contributed by atoms with Gasteiger partial charge >= 0.3 is 0 Å². The Labute approximate surface area is 125 Å². The van der Waals surface area contributed by atoms with Gasteiger partial charge in [-0.05, 0) is 23.6 Å². The molecule has 0 aliphatic rings. The summed E-state index contributed by atoms with van der Waals surface area (Å²) in [6.07, 6.45) is 0. The van der Waals surface area contributed by atoms with Crippen molar-refractivity contribution in [2.45, 2.75) is 33.4 Å². The lowest BCUT2D eigenvalue weighted by Gasteiger charge is -2.26. The zero-order valence-electron chi connectivity index (χ0n) is 12.3. The Morgan fingerprint density at radius 3 is 2.50 bits per heavy atom. The van der Waals surface area contributed by atoms with Gasteiger partial charge in [0.25, 0.3) is 0 Å². The highest BCUT2D eigenvalue weighted by Gasteiger charge is 2.25. The van der Waals surface area contributed by atoms with Crippen LogP contribution in [-0.4, -0.2) is 29.8 Å². The zero-order valence-corrected chi connectivity index (χ0v) is 13.1. The van der Waals surface area contributed by atoms with Crippen molar-refractivity contribution < 1.29 is 9.59 Å². The first-order valence-corrected chi connectivity index (χ1v) is 6.95. The smallest absolute Gasteiger partial charge is 0.245 e. The first kappa shape index (κ1) is 16.5. The van der Waals surface area contributed by atoms with Gasteiger partial charge in [0.05, 0.1) is 0 Å². The molecule has 5 heteroatoms. The summed E-state index contributed by atoms with van der Waals surface area (Å²) >= 11 is 5.93. The highest BCUT2D eigenvalue weighted by atomic mass is 35.5. The first-order valence-electron chi connectivity index (χ1n) is 6.57. The Morgan fingerprint density at radius 2 is 2.00 bits per heavy atom. The van der Waals surface area contributed by atoms with E-state index < -0.39 is 6.04 Å². The van der Waals surface area contributed by atoms with E-state index in [1.807, 2.05) is 32.0 Å². The SMILES string of the molecule is CC(=O)N[C@@H](C(=O)N(C)Cc1cccc(Cl)c1)C(C)C. The standard InChI is InChI=1S/C15H21ClN2O2/c1-10(2)14(17-11(3)19)15(20)18(4)9-12-6-5-7-13(16)8-12/h5-8,10,14H,9H2,1-4H3,(H,17,19)/t14-/m1/s1. The molecule has 1 N–H and O–H groups in total. The fourth-order valence-electron chi connectivity index (χ4n) is 1.96. The van der Waals surface area contributed by atoms with Crippen LogP contribution in [0.15, 0.2) is 24.3 Å².